The second-order valence-electron chi connectivity index (χ2n) is 6.76. The second kappa shape index (κ2) is 5.15. The monoisotopic (exact) mass is 389 g/mol. The van der Waals surface area contributed by atoms with Gasteiger partial charge in [-0.25, -0.2) is 4.98 Å². The fourth-order valence-corrected chi connectivity index (χ4v) is 4.56. The highest BCUT2D eigenvalue weighted by Gasteiger charge is 2.45. The van der Waals surface area contributed by atoms with Gasteiger partial charge in [0, 0.05) is 22.4 Å². The van der Waals surface area contributed by atoms with Crippen molar-refractivity contribution in [3.05, 3.63) is 38.9 Å². The van der Waals surface area contributed by atoms with Crippen LogP contribution in [0.2, 0.25) is 0 Å². The fourth-order valence-electron chi connectivity index (χ4n) is 4.20. The Labute approximate surface area is 145 Å². The van der Waals surface area contributed by atoms with Gasteiger partial charge in [-0.3, -0.25) is 9.69 Å². The Balaban J connectivity index is 1.58. The zero-order valence-electron chi connectivity index (χ0n) is 12.8. The van der Waals surface area contributed by atoms with Crippen molar-refractivity contribution in [1.29, 1.82) is 0 Å². The molecule has 2 unspecified atom stereocenters. The Hall–Kier alpha value is -1.70. The van der Waals surface area contributed by atoms with Gasteiger partial charge >= 0.3 is 0 Å². The molecule has 6 nitrogen and oxygen atoms in total. The summed E-state index contributed by atoms with van der Waals surface area (Å²) in [7, 11) is 0. The van der Waals surface area contributed by atoms with Crippen LogP contribution in [-0.4, -0.2) is 38.7 Å². The Morgan fingerprint density at radius 2 is 2.29 bits per heavy atom. The van der Waals surface area contributed by atoms with Crippen molar-refractivity contribution in [2.45, 2.75) is 31.5 Å². The van der Waals surface area contributed by atoms with Crippen LogP contribution >= 0.6 is 15.9 Å². The van der Waals surface area contributed by atoms with Crippen molar-refractivity contribution >= 4 is 38.0 Å². The van der Waals surface area contributed by atoms with Crippen LogP contribution in [0.1, 0.15) is 18.7 Å². The van der Waals surface area contributed by atoms with Crippen LogP contribution < -0.4 is 5.56 Å². The average Bonchev–Trinajstić information content (AvgIpc) is 3.18. The molecule has 2 aliphatic rings. The number of nitrogens with one attached hydrogen (secondary N) is 1. The molecule has 5 rings (SSSR count). The summed E-state index contributed by atoms with van der Waals surface area (Å²) in [4.78, 5) is 22.1. The van der Waals surface area contributed by atoms with Crippen LogP contribution in [0, 0.1) is 5.92 Å². The van der Waals surface area contributed by atoms with E-state index in [1.807, 2.05) is 18.2 Å². The van der Waals surface area contributed by atoms with Crippen molar-refractivity contribution in [3.63, 3.8) is 0 Å². The number of likely N-dealkylation sites (tertiary alicyclic amines) is 1. The molecule has 1 aliphatic carbocycles. The van der Waals surface area contributed by atoms with E-state index in [1.54, 1.807) is 0 Å². The van der Waals surface area contributed by atoms with Crippen molar-refractivity contribution in [3.8, 4) is 0 Å². The number of furan rings is 1. The van der Waals surface area contributed by atoms with E-state index < -0.39 is 0 Å². The summed E-state index contributed by atoms with van der Waals surface area (Å²) in [5, 5.41) is 11.0. The topological polar surface area (TPSA) is 82.4 Å². The molecule has 7 heteroatoms. The summed E-state index contributed by atoms with van der Waals surface area (Å²) in [6, 6.07) is 5.81. The van der Waals surface area contributed by atoms with Gasteiger partial charge < -0.3 is 14.5 Å². The third kappa shape index (κ3) is 2.08. The summed E-state index contributed by atoms with van der Waals surface area (Å²) >= 11 is 3.45. The van der Waals surface area contributed by atoms with Gasteiger partial charge in [0.25, 0.3) is 5.56 Å². The van der Waals surface area contributed by atoms with E-state index in [4.69, 9.17) is 4.42 Å². The van der Waals surface area contributed by atoms with E-state index in [2.05, 4.69) is 30.8 Å². The number of fused-ring (bicyclic) bond motifs is 5. The molecular weight excluding hydrogens is 374 g/mol. The van der Waals surface area contributed by atoms with Crippen LogP contribution in [0.5, 0.6) is 0 Å². The van der Waals surface area contributed by atoms with E-state index in [9.17, 15) is 9.90 Å². The van der Waals surface area contributed by atoms with E-state index in [0.717, 1.165) is 29.2 Å². The highest BCUT2D eigenvalue weighted by atomic mass is 79.9. The quantitative estimate of drug-likeness (QED) is 0.702. The lowest BCUT2D eigenvalue weighted by atomic mass is 10.1. The van der Waals surface area contributed by atoms with Crippen LogP contribution in [0.25, 0.3) is 22.1 Å². The highest BCUT2D eigenvalue weighted by Crippen LogP contribution is 2.38. The number of hydrogen-bond donors (Lipinski definition) is 2. The molecule has 1 saturated carbocycles. The first-order valence-electron chi connectivity index (χ1n) is 8.13. The van der Waals surface area contributed by atoms with Gasteiger partial charge in [-0.2, -0.15) is 0 Å². The normalized spacial score (nSPS) is 26.8. The molecule has 2 fully saturated rings. The van der Waals surface area contributed by atoms with Crippen LogP contribution in [0.3, 0.4) is 0 Å². The van der Waals surface area contributed by atoms with Gasteiger partial charge in [-0.1, -0.05) is 15.9 Å². The molecule has 3 aromatic rings. The molecule has 24 heavy (non-hydrogen) atoms. The maximum Gasteiger partial charge on any atom is 0.294 e. The number of nitrogens with zero attached hydrogens (tertiary/aromatic N) is 2. The van der Waals surface area contributed by atoms with Gasteiger partial charge in [0.1, 0.15) is 16.9 Å². The third-order valence-electron chi connectivity index (χ3n) is 5.34. The predicted molar refractivity (Wildman–Crippen MR) is 92.8 cm³/mol. The molecule has 3 atom stereocenters. The smallest absolute Gasteiger partial charge is 0.294 e. The Morgan fingerprint density at radius 1 is 1.42 bits per heavy atom. The third-order valence-corrected chi connectivity index (χ3v) is 5.83. The largest absolute Gasteiger partial charge is 0.449 e. The zero-order chi connectivity index (χ0) is 16.4. The molecule has 1 saturated heterocycles. The SMILES string of the molecule is O=c1[nH]c(CN2CC3CCC2[C@H]3O)nc2c1oc1ccc(Br)cc12. The minimum atomic E-state index is -0.257. The number of halogens is 1. The standard InChI is InChI=1S/C17H16BrN3O3/c18-9-2-4-12-10(5-9)14-16(24-12)17(23)20-13(19-14)7-21-6-8-1-3-11(21)15(8)22/h2,4-5,8,11,15,22H,1,3,6-7H2,(H,19,20,23)/t8?,11?,15-/m0/s1. The van der Waals surface area contributed by atoms with Crippen molar-refractivity contribution in [1.82, 2.24) is 14.9 Å². The summed E-state index contributed by atoms with van der Waals surface area (Å²) in [5.41, 5.74) is 1.25. The number of aliphatic hydroxyl groups is 1. The van der Waals surface area contributed by atoms with Crippen LogP contribution in [0.15, 0.2) is 31.9 Å². The molecule has 3 heterocycles. The van der Waals surface area contributed by atoms with Crippen molar-refractivity contribution in [2.24, 2.45) is 5.92 Å². The minimum absolute atomic E-state index is 0.186. The number of aromatic amines is 1. The lowest BCUT2D eigenvalue weighted by molar-refractivity contribution is 0.120. The molecule has 1 aromatic carbocycles. The number of piperidine rings is 1. The second-order valence-corrected chi connectivity index (χ2v) is 7.67. The summed E-state index contributed by atoms with van der Waals surface area (Å²) in [5.74, 6) is 0.978. The Bertz CT molecular complexity index is 1010. The number of rotatable bonds is 2. The molecule has 0 spiro atoms. The Kier molecular flexibility index (Phi) is 3.14. The first kappa shape index (κ1) is 14.6. The lowest BCUT2D eigenvalue weighted by Crippen LogP contribution is -2.35. The lowest BCUT2D eigenvalue weighted by Gasteiger charge is -2.25. The van der Waals surface area contributed by atoms with Crippen LogP contribution in [-0.2, 0) is 6.54 Å². The van der Waals surface area contributed by atoms with E-state index in [-0.39, 0.29) is 23.3 Å². The molecule has 0 radical (unpaired) electrons. The van der Waals surface area contributed by atoms with Gasteiger partial charge in [0.2, 0.25) is 5.58 Å². The number of H-pyrrole nitrogens is 1. The van der Waals surface area contributed by atoms with Gasteiger partial charge in [0.05, 0.1) is 12.6 Å². The van der Waals surface area contributed by atoms with E-state index in [0.29, 0.717) is 29.4 Å². The number of aliphatic hydroxyl groups excluding tert-OH is 1. The number of aromatic nitrogens is 2. The molecule has 124 valence electrons. The average molecular weight is 390 g/mol. The highest BCUT2D eigenvalue weighted by molar-refractivity contribution is 9.10. The summed E-state index contributed by atoms with van der Waals surface area (Å²) in [6.45, 7) is 1.41. The first-order chi connectivity index (χ1) is 11.6. The molecule has 2 N–H and O–H groups in total. The molecule has 2 aromatic heterocycles. The zero-order valence-corrected chi connectivity index (χ0v) is 14.4. The summed E-state index contributed by atoms with van der Waals surface area (Å²) in [6.07, 6.45) is 1.86. The molecule has 1 aliphatic heterocycles. The van der Waals surface area contributed by atoms with Gasteiger partial charge in [-0.05, 0) is 37.0 Å². The van der Waals surface area contributed by atoms with Crippen molar-refractivity contribution < 1.29 is 9.52 Å². The molecule has 2 bridgehead atoms. The van der Waals surface area contributed by atoms with E-state index in [1.165, 1.54) is 0 Å². The van der Waals surface area contributed by atoms with Gasteiger partial charge in [0.15, 0.2) is 0 Å². The maximum atomic E-state index is 12.4. The number of hydrogen-bond acceptors (Lipinski definition) is 5. The van der Waals surface area contributed by atoms with Crippen molar-refractivity contribution in [2.75, 3.05) is 6.54 Å². The number of benzene rings is 1. The molecule has 0 amide bonds. The Morgan fingerprint density at radius 3 is 3.04 bits per heavy atom. The molecular formula is C17H16BrN3O3. The first-order valence-corrected chi connectivity index (χ1v) is 8.92. The van der Waals surface area contributed by atoms with E-state index >= 15 is 0 Å². The summed E-state index contributed by atoms with van der Waals surface area (Å²) < 4.78 is 6.57. The van der Waals surface area contributed by atoms with Gasteiger partial charge in [-0.15, -0.1) is 0 Å². The predicted octanol–water partition coefficient (Wildman–Crippen LogP) is 2.39. The fraction of sp³-hybridized carbons (Fsp3) is 0.412. The minimum Gasteiger partial charge on any atom is -0.449 e. The van der Waals surface area contributed by atoms with Crippen LogP contribution in [0.4, 0.5) is 0 Å². The maximum absolute atomic E-state index is 12.4.